The average molecular weight is 280 g/mol. The maximum Gasteiger partial charge on any atom is 0.416 e. The lowest BCUT2D eigenvalue weighted by Crippen LogP contribution is -2.06. The van der Waals surface area contributed by atoms with E-state index in [-0.39, 0.29) is 16.9 Å². The highest BCUT2D eigenvalue weighted by Crippen LogP contribution is 2.32. The molecule has 0 saturated heterocycles. The molecule has 0 unspecified atom stereocenters. The minimum Gasteiger partial charge on any atom is -0.352 e. The standard InChI is InChI=1S/C14H8F4N2/c15-11-3-1-2-4-13(11)20-12-6-5-10(14(16,17)18)7-9(12)8-19/h1-7,20H. The van der Waals surface area contributed by atoms with Crippen LogP contribution < -0.4 is 5.32 Å². The van der Waals surface area contributed by atoms with Crippen LogP contribution in [0.5, 0.6) is 0 Å². The fraction of sp³-hybridized carbons (Fsp3) is 0.0714. The Morgan fingerprint density at radius 2 is 1.70 bits per heavy atom. The minimum atomic E-state index is -4.53. The molecule has 2 nitrogen and oxygen atoms in total. The largest absolute Gasteiger partial charge is 0.416 e. The molecular weight excluding hydrogens is 272 g/mol. The van der Waals surface area contributed by atoms with E-state index >= 15 is 0 Å². The third-order valence-electron chi connectivity index (χ3n) is 2.61. The summed E-state index contributed by atoms with van der Waals surface area (Å²) in [5, 5.41) is 11.5. The molecule has 2 aromatic rings. The summed E-state index contributed by atoms with van der Waals surface area (Å²) in [7, 11) is 0. The molecule has 0 aromatic heterocycles. The number of alkyl halides is 3. The van der Waals surface area contributed by atoms with E-state index in [0.717, 1.165) is 18.2 Å². The van der Waals surface area contributed by atoms with Crippen molar-refractivity contribution in [3.05, 3.63) is 59.4 Å². The zero-order valence-electron chi connectivity index (χ0n) is 10.0. The molecule has 0 radical (unpaired) electrons. The lowest BCUT2D eigenvalue weighted by molar-refractivity contribution is -0.137. The van der Waals surface area contributed by atoms with Crippen LogP contribution in [0, 0.1) is 17.1 Å². The van der Waals surface area contributed by atoms with Gasteiger partial charge in [0, 0.05) is 0 Å². The molecule has 20 heavy (non-hydrogen) atoms. The summed E-state index contributed by atoms with van der Waals surface area (Å²) < 4.78 is 51.1. The van der Waals surface area contributed by atoms with Gasteiger partial charge in [-0.2, -0.15) is 18.4 Å². The summed E-state index contributed by atoms with van der Waals surface area (Å²) in [4.78, 5) is 0. The van der Waals surface area contributed by atoms with Crippen LogP contribution in [0.4, 0.5) is 28.9 Å². The quantitative estimate of drug-likeness (QED) is 0.824. The van der Waals surface area contributed by atoms with Crippen molar-refractivity contribution in [2.45, 2.75) is 6.18 Å². The fourth-order valence-electron chi connectivity index (χ4n) is 1.63. The Morgan fingerprint density at radius 3 is 2.30 bits per heavy atom. The van der Waals surface area contributed by atoms with E-state index in [2.05, 4.69) is 5.32 Å². The predicted octanol–water partition coefficient (Wildman–Crippen LogP) is 4.46. The number of nitriles is 1. The Balaban J connectivity index is 2.39. The minimum absolute atomic E-state index is 0.0868. The van der Waals surface area contributed by atoms with Crippen LogP contribution in [-0.2, 0) is 6.18 Å². The second-order valence-corrected chi connectivity index (χ2v) is 3.97. The molecule has 0 bridgehead atoms. The number of rotatable bonds is 2. The van der Waals surface area contributed by atoms with Crippen LogP contribution in [0.15, 0.2) is 42.5 Å². The zero-order valence-corrected chi connectivity index (χ0v) is 10.0. The van der Waals surface area contributed by atoms with Crippen LogP contribution in [0.3, 0.4) is 0 Å². The van der Waals surface area contributed by atoms with E-state index in [1.807, 2.05) is 0 Å². The van der Waals surface area contributed by atoms with E-state index in [9.17, 15) is 17.6 Å². The van der Waals surface area contributed by atoms with Gasteiger partial charge in [0.25, 0.3) is 0 Å². The number of hydrogen-bond donors (Lipinski definition) is 1. The number of benzene rings is 2. The number of hydrogen-bond acceptors (Lipinski definition) is 2. The van der Waals surface area contributed by atoms with E-state index in [0.29, 0.717) is 0 Å². The predicted molar refractivity (Wildman–Crippen MR) is 65.8 cm³/mol. The first kappa shape index (κ1) is 13.9. The van der Waals surface area contributed by atoms with Gasteiger partial charge in [0.1, 0.15) is 11.9 Å². The maximum absolute atomic E-state index is 13.5. The molecule has 0 aliphatic heterocycles. The second kappa shape index (κ2) is 5.21. The summed E-state index contributed by atoms with van der Waals surface area (Å²) in [5.41, 5.74) is -0.925. The highest BCUT2D eigenvalue weighted by atomic mass is 19.4. The summed E-state index contributed by atoms with van der Waals surface area (Å²) in [6.07, 6.45) is -4.53. The average Bonchev–Trinajstić information content (AvgIpc) is 2.40. The molecule has 0 amide bonds. The molecule has 0 saturated carbocycles. The van der Waals surface area contributed by atoms with Crippen molar-refractivity contribution in [3.8, 4) is 6.07 Å². The molecule has 2 rings (SSSR count). The maximum atomic E-state index is 13.5. The number of halogens is 4. The number of nitrogens with one attached hydrogen (secondary N) is 1. The van der Waals surface area contributed by atoms with Crippen molar-refractivity contribution >= 4 is 11.4 Å². The van der Waals surface area contributed by atoms with Crippen molar-refractivity contribution in [3.63, 3.8) is 0 Å². The Bertz CT molecular complexity index is 672. The van der Waals surface area contributed by atoms with Crippen LogP contribution >= 0.6 is 0 Å². The van der Waals surface area contributed by atoms with Crippen molar-refractivity contribution in [1.82, 2.24) is 0 Å². The molecule has 102 valence electrons. The molecular formula is C14H8F4N2. The molecule has 0 aliphatic rings. The molecule has 2 aromatic carbocycles. The van der Waals surface area contributed by atoms with E-state index < -0.39 is 17.6 Å². The van der Waals surface area contributed by atoms with Crippen molar-refractivity contribution in [2.75, 3.05) is 5.32 Å². The molecule has 0 fully saturated rings. The Morgan fingerprint density at radius 1 is 1.00 bits per heavy atom. The Hall–Kier alpha value is -2.55. The Kier molecular flexibility index (Phi) is 3.61. The monoisotopic (exact) mass is 280 g/mol. The lowest BCUT2D eigenvalue weighted by atomic mass is 10.1. The van der Waals surface area contributed by atoms with Crippen LogP contribution in [0.25, 0.3) is 0 Å². The van der Waals surface area contributed by atoms with Gasteiger partial charge in [-0.25, -0.2) is 4.39 Å². The molecule has 0 aliphatic carbocycles. The van der Waals surface area contributed by atoms with Gasteiger partial charge in [-0.1, -0.05) is 12.1 Å². The van der Waals surface area contributed by atoms with Crippen LogP contribution in [-0.4, -0.2) is 0 Å². The molecule has 0 atom stereocenters. The molecule has 1 N–H and O–H groups in total. The normalized spacial score (nSPS) is 10.9. The Labute approximate surface area is 112 Å². The van der Waals surface area contributed by atoms with Gasteiger partial charge in [-0.05, 0) is 30.3 Å². The van der Waals surface area contributed by atoms with Gasteiger partial charge in [-0.15, -0.1) is 0 Å². The third-order valence-corrected chi connectivity index (χ3v) is 2.61. The van der Waals surface area contributed by atoms with E-state index in [4.69, 9.17) is 5.26 Å². The van der Waals surface area contributed by atoms with E-state index in [1.54, 1.807) is 12.1 Å². The third kappa shape index (κ3) is 2.88. The van der Waals surface area contributed by atoms with Crippen molar-refractivity contribution in [2.24, 2.45) is 0 Å². The van der Waals surface area contributed by atoms with Gasteiger partial charge in [0.15, 0.2) is 0 Å². The summed E-state index contributed by atoms with van der Waals surface area (Å²) >= 11 is 0. The number of anilines is 2. The fourth-order valence-corrected chi connectivity index (χ4v) is 1.63. The number of nitrogens with zero attached hydrogens (tertiary/aromatic N) is 1. The first-order chi connectivity index (χ1) is 9.41. The SMILES string of the molecule is N#Cc1cc(C(F)(F)F)ccc1Nc1ccccc1F. The topological polar surface area (TPSA) is 35.8 Å². The first-order valence-electron chi connectivity index (χ1n) is 5.54. The molecule has 0 spiro atoms. The number of para-hydroxylation sites is 1. The van der Waals surface area contributed by atoms with Gasteiger partial charge in [0.05, 0.1) is 22.5 Å². The smallest absolute Gasteiger partial charge is 0.352 e. The van der Waals surface area contributed by atoms with Crippen molar-refractivity contribution < 1.29 is 17.6 Å². The summed E-state index contributed by atoms with van der Waals surface area (Å²) in [6, 6.07) is 10.0. The molecule has 6 heteroatoms. The van der Waals surface area contributed by atoms with Crippen LogP contribution in [0.1, 0.15) is 11.1 Å². The van der Waals surface area contributed by atoms with Gasteiger partial charge >= 0.3 is 6.18 Å². The van der Waals surface area contributed by atoms with Gasteiger partial charge < -0.3 is 5.32 Å². The first-order valence-corrected chi connectivity index (χ1v) is 5.54. The van der Waals surface area contributed by atoms with Crippen LogP contribution in [0.2, 0.25) is 0 Å². The van der Waals surface area contributed by atoms with Gasteiger partial charge in [0.2, 0.25) is 0 Å². The summed E-state index contributed by atoms with van der Waals surface area (Å²) in [6.45, 7) is 0. The summed E-state index contributed by atoms with van der Waals surface area (Å²) in [5.74, 6) is -0.559. The lowest BCUT2D eigenvalue weighted by Gasteiger charge is -2.12. The van der Waals surface area contributed by atoms with Gasteiger partial charge in [-0.3, -0.25) is 0 Å². The zero-order chi connectivity index (χ0) is 14.8. The van der Waals surface area contributed by atoms with E-state index in [1.165, 1.54) is 18.2 Å². The van der Waals surface area contributed by atoms with Crippen molar-refractivity contribution in [1.29, 1.82) is 5.26 Å². The second-order valence-electron chi connectivity index (χ2n) is 3.97. The highest BCUT2D eigenvalue weighted by molar-refractivity contribution is 5.67. The highest BCUT2D eigenvalue weighted by Gasteiger charge is 2.31. The molecule has 0 heterocycles.